The average molecular weight is 189 g/mol. The molecule has 1 aliphatic carbocycles. The molecular formula is C9H19NOS. The highest BCUT2D eigenvalue weighted by atomic mass is 32.2. The second kappa shape index (κ2) is 3.77. The molecule has 0 heterocycles. The second-order valence-corrected chi connectivity index (χ2v) is 6.57. The second-order valence-electron chi connectivity index (χ2n) is 3.97. The van der Waals surface area contributed by atoms with Crippen LogP contribution in [0.4, 0.5) is 0 Å². The number of rotatable bonds is 2. The zero-order chi connectivity index (χ0) is 9.19. The van der Waals surface area contributed by atoms with E-state index in [2.05, 4.69) is 4.36 Å². The van der Waals surface area contributed by atoms with Gasteiger partial charge in [-0.15, -0.1) is 0 Å². The normalized spacial score (nSPS) is 24.3. The van der Waals surface area contributed by atoms with Gasteiger partial charge in [-0.05, 0) is 26.7 Å². The average Bonchev–Trinajstić information content (AvgIpc) is 2.32. The maximum Gasteiger partial charge on any atom is 0.0537 e. The van der Waals surface area contributed by atoms with Crippen molar-refractivity contribution in [1.29, 1.82) is 0 Å². The van der Waals surface area contributed by atoms with E-state index in [-0.39, 0.29) is 6.04 Å². The van der Waals surface area contributed by atoms with Crippen LogP contribution in [-0.2, 0) is 9.73 Å². The molecule has 0 spiro atoms. The molecule has 1 saturated carbocycles. The van der Waals surface area contributed by atoms with Gasteiger partial charge in [-0.25, -0.2) is 8.57 Å². The molecule has 1 fully saturated rings. The summed E-state index contributed by atoms with van der Waals surface area (Å²) in [5.41, 5.74) is 0. The van der Waals surface area contributed by atoms with Crippen LogP contribution in [0.15, 0.2) is 4.36 Å². The molecule has 1 unspecified atom stereocenters. The van der Waals surface area contributed by atoms with Crippen molar-refractivity contribution in [3.63, 3.8) is 0 Å². The number of nitrogens with zero attached hydrogens (tertiary/aromatic N) is 1. The molecule has 2 nitrogen and oxygen atoms in total. The topological polar surface area (TPSA) is 29.4 Å². The molecule has 0 amide bonds. The summed E-state index contributed by atoms with van der Waals surface area (Å²) in [6.07, 6.45) is 6.53. The van der Waals surface area contributed by atoms with Gasteiger partial charge in [0, 0.05) is 21.2 Å². The van der Waals surface area contributed by atoms with Crippen molar-refractivity contribution in [1.82, 2.24) is 0 Å². The van der Waals surface area contributed by atoms with E-state index in [0.29, 0.717) is 5.25 Å². The summed E-state index contributed by atoms with van der Waals surface area (Å²) in [6.45, 7) is 4.00. The summed E-state index contributed by atoms with van der Waals surface area (Å²) in [7, 11) is -1.88. The summed E-state index contributed by atoms with van der Waals surface area (Å²) in [5.74, 6) is 0. The van der Waals surface area contributed by atoms with Gasteiger partial charge >= 0.3 is 0 Å². The van der Waals surface area contributed by atoms with Crippen LogP contribution in [0.3, 0.4) is 0 Å². The first-order chi connectivity index (χ1) is 5.52. The molecule has 3 heteroatoms. The molecule has 0 saturated heterocycles. The van der Waals surface area contributed by atoms with Gasteiger partial charge in [-0.1, -0.05) is 12.8 Å². The van der Waals surface area contributed by atoms with Gasteiger partial charge in [0.1, 0.15) is 0 Å². The monoisotopic (exact) mass is 189 g/mol. The lowest BCUT2D eigenvalue weighted by molar-refractivity contribution is 0.659. The fourth-order valence-electron chi connectivity index (χ4n) is 1.83. The molecule has 0 N–H and O–H groups in total. The van der Waals surface area contributed by atoms with Gasteiger partial charge < -0.3 is 0 Å². The van der Waals surface area contributed by atoms with Crippen molar-refractivity contribution >= 4 is 9.73 Å². The van der Waals surface area contributed by atoms with Crippen molar-refractivity contribution in [2.45, 2.75) is 50.8 Å². The van der Waals surface area contributed by atoms with Crippen LogP contribution in [0.2, 0.25) is 0 Å². The highest BCUT2D eigenvalue weighted by Crippen LogP contribution is 2.25. The predicted molar refractivity (Wildman–Crippen MR) is 53.9 cm³/mol. The Labute approximate surface area is 75.9 Å². The predicted octanol–water partition coefficient (Wildman–Crippen LogP) is 2.44. The first kappa shape index (κ1) is 10.0. The molecule has 1 rings (SSSR count). The highest BCUT2D eigenvalue weighted by molar-refractivity contribution is 7.93. The molecule has 0 radical (unpaired) electrons. The van der Waals surface area contributed by atoms with Gasteiger partial charge in [0.2, 0.25) is 0 Å². The minimum Gasteiger partial charge on any atom is -0.250 e. The van der Waals surface area contributed by atoms with Gasteiger partial charge in [-0.3, -0.25) is 0 Å². The van der Waals surface area contributed by atoms with E-state index in [1.807, 2.05) is 20.1 Å². The molecule has 0 aromatic rings. The summed E-state index contributed by atoms with van der Waals surface area (Å²) >= 11 is 0. The standard InChI is InChI=1S/C9H19NOS/c1-8(2)10-12(3,11)9-6-4-5-7-9/h8-9H,4-7H2,1-3H3. The van der Waals surface area contributed by atoms with E-state index >= 15 is 0 Å². The first-order valence-corrected chi connectivity index (χ1v) is 6.71. The maximum absolute atomic E-state index is 12.0. The van der Waals surface area contributed by atoms with Gasteiger partial charge in [0.15, 0.2) is 0 Å². The lowest BCUT2D eigenvalue weighted by atomic mass is 10.4. The minimum absolute atomic E-state index is 0.211. The Balaban J connectivity index is 2.76. The molecule has 0 aromatic heterocycles. The zero-order valence-electron chi connectivity index (χ0n) is 8.25. The lowest BCUT2D eigenvalue weighted by Gasteiger charge is -2.12. The third-order valence-electron chi connectivity index (χ3n) is 2.34. The molecule has 1 atom stereocenters. The summed E-state index contributed by atoms with van der Waals surface area (Å²) in [5, 5.41) is 0.375. The fraction of sp³-hybridized carbons (Fsp3) is 1.00. The molecule has 0 aromatic carbocycles. The molecular weight excluding hydrogens is 170 g/mol. The molecule has 0 aliphatic heterocycles. The third kappa shape index (κ3) is 2.47. The van der Waals surface area contributed by atoms with Gasteiger partial charge in [-0.2, -0.15) is 0 Å². The Kier molecular flexibility index (Phi) is 3.16. The van der Waals surface area contributed by atoms with Crippen LogP contribution in [0.5, 0.6) is 0 Å². The van der Waals surface area contributed by atoms with E-state index in [0.717, 1.165) is 12.8 Å². The summed E-state index contributed by atoms with van der Waals surface area (Å²) < 4.78 is 16.4. The van der Waals surface area contributed by atoms with Crippen LogP contribution in [-0.4, -0.2) is 21.8 Å². The van der Waals surface area contributed by atoms with E-state index in [1.165, 1.54) is 12.8 Å². The first-order valence-electron chi connectivity index (χ1n) is 4.72. The summed E-state index contributed by atoms with van der Waals surface area (Å²) in [6, 6.07) is 0.211. The van der Waals surface area contributed by atoms with E-state index in [9.17, 15) is 4.21 Å². The van der Waals surface area contributed by atoms with Gasteiger partial charge in [0.25, 0.3) is 0 Å². The van der Waals surface area contributed by atoms with E-state index in [4.69, 9.17) is 0 Å². The van der Waals surface area contributed by atoms with Crippen molar-refractivity contribution in [3.8, 4) is 0 Å². The molecule has 72 valence electrons. The maximum atomic E-state index is 12.0. The molecule has 1 aliphatic rings. The van der Waals surface area contributed by atoms with E-state index in [1.54, 1.807) is 0 Å². The number of hydrogen-bond acceptors (Lipinski definition) is 2. The van der Waals surface area contributed by atoms with Crippen LogP contribution in [0.25, 0.3) is 0 Å². The Hall–Kier alpha value is -0.0500. The minimum atomic E-state index is -1.88. The molecule has 0 bridgehead atoms. The van der Waals surface area contributed by atoms with Crippen LogP contribution >= 0.6 is 0 Å². The van der Waals surface area contributed by atoms with E-state index < -0.39 is 9.73 Å². The molecule has 12 heavy (non-hydrogen) atoms. The van der Waals surface area contributed by atoms with Crippen LogP contribution in [0, 0.1) is 0 Å². The number of hydrogen-bond donors (Lipinski definition) is 0. The van der Waals surface area contributed by atoms with Crippen molar-refractivity contribution in [3.05, 3.63) is 0 Å². The van der Waals surface area contributed by atoms with Crippen LogP contribution < -0.4 is 0 Å². The van der Waals surface area contributed by atoms with Crippen molar-refractivity contribution in [2.24, 2.45) is 4.36 Å². The van der Waals surface area contributed by atoms with Crippen molar-refractivity contribution in [2.75, 3.05) is 6.26 Å². The lowest BCUT2D eigenvalue weighted by Crippen LogP contribution is -2.17. The summed E-state index contributed by atoms with van der Waals surface area (Å²) in [4.78, 5) is 0. The Morgan fingerprint density at radius 1 is 1.33 bits per heavy atom. The van der Waals surface area contributed by atoms with Crippen molar-refractivity contribution < 1.29 is 4.21 Å². The Bertz CT molecular complexity index is 245. The Morgan fingerprint density at radius 3 is 2.25 bits per heavy atom. The smallest absolute Gasteiger partial charge is 0.0537 e. The fourth-order valence-corrected chi connectivity index (χ4v) is 4.05. The van der Waals surface area contributed by atoms with Crippen LogP contribution in [0.1, 0.15) is 39.5 Å². The third-order valence-corrected chi connectivity index (χ3v) is 4.89. The quantitative estimate of drug-likeness (QED) is 0.656. The zero-order valence-corrected chi connectivity index (χ0v) is 9.06. The Morgan fingerprint density at radius 2 is 1.83 bits per heavy atom. The largest absolute Gasteiger partial charge is 0.250 e. The highest BCUT2D eigenvalue weighted by Gasteiger charge is 2.23. The van der Waals surface area contributed by atoms with Gasteiger partial charge in [0.05, 0.1) is 6.04 Å². The SMILES string of the molecule is CC(C)N=S(C)(=O)C1CCCC1.